The summed E-state index contributed by atoms with van der Waals surface area (Å²) in [4.78, 5) is 27.2. The molecule has 0 aliphatic carbocycles. The molecule has 0 bridgehead atoms. The summed E-state index contributed by atoms with van der Waals surface area (Å²) >= 11 is 1.16. The Hall–Kier alpha value is -3.76. The second-order valence-electron chi connectivity index (χ2n) is 6.58. The van der Waals surface area contributed by atoms with Crippen LogP contribution in [0.5, 0.6) is 0 Å². The Kier molecular flexibility index (Phi) is 6.96. The van der Waals surface area contributed by atoms with Crippen molar-refractivity contribution in [3.8, 4) is 17.8 Å². The zero-order valence-electron chi connectivity index (χ0n) is 16.7. The first-order valence-electron chi connectivity index (χ1n) is 9.38. The van der Waals surface area contributed by atoms with Gasteiger partial charge in [0.05, 0.1) is 36.4 Å². The van der Waals surface area contributed by atoms with E-state index in [9.17, 15) is 14.0 Å². The third-order valence-corrected chi connectivity index (χ3v) is 5.57. The number of hydrogen-bond acceptors (Lipinski definition) is 7. The molecule has 158 valence electrons. The van der Waals surface area contributed by atoms with Crippen LogP contribution in [0.3, 0.4) is 0 Å². The summed E-state index contributed by atoms with van der Waals surface area (Å²) in [5, 5.41) is 22.6. The molecule has 1 aromatic carbocycles. The van der Waals surface area contributed by atoms with Crippen LogP contribution in [-0.4, -0.2) is 46.3 Å². The highest BCUT2D eigenvalue weighted by atomic mass is 32.1. The molecule has 2 heterocycles. The number of ether oxygens (including phenoxy) is 1. The van der Waals surface area contributed by atoms with Crippen LogP contribution in [0.15, 0.2) is 30.3 Å². The maximum Gasteiger partial charge on any atom is 0.348 e. The smallest absolute Gasteiger partial charge is 0.348 e. The zero-order chi connectivity index (χ0) is 22.4. The van der Waals surface area contributed by atoms with Crippen molar-refractivity contribution in [1.29, 1.82) is 10.5 Å². The van der Waals surface area contributed by atoms with Crippen LogP contribution in [0, 0.1) is 35.4 Å². The van der Waals surface area contributed by atoms with Crippen LogP contribution < -0.4 is 0 Å². The Balaban J connectivity index is 1.73. The van der Waals surface area contributed by atoms with E-state index >= 15 is 0 Å². The van der Waals surface area contributed by atoms with Crippen LogP contribution in [0.2, 0.25) is 0 Å². The number of nitriles is 2. The lowest BCUT2D eigenvalue weighted by atomic mass is 10.3. The number of carbonyl (C=O) groups is 2. The monoisotopic (exact) mass is 439 g/mol. The molecule has 0 saturated carbocycles. The van der Waals surface area contributed by atoms with Crippen molar-refractivity contribution in [3.05, 3.63) is 46.7 Å². The number of aromatic nitrogens is 2. The number of esters is 1. The molecule has 0 spiro atoms. The van der Waals surface area contributed by atoms with E-state index < -0.39 is 18.5 Å². The number of thiophene rings is 1. The topological polar surface area (TPSA) is 112 Å². The number of carbonyl (C=O) groups excluding carboxylic acids is 2. The van der Waals surface area contributed by atoms with Gasteiger partial charge in [-0.25, -0.2) is 13.9 Å². The predicted octanol–water partition coefficient (Wildman–Crippen LogP) is 3.35. The average molecular weight is 439 g/mol. The molecule has 0 radical (unpaired) electrons. The molecular weight excluding hydrogens is 421 g/mol. The van der Waals surface area contributed by atoms with E-state index in [0.29, 0.717) is 21.1 Å². The van der Waals surface area contributed by atoms with Crippen molar-refractivity contribution < 1.29 is 18.7 Å². The molecule has 0 aliphatic heterocycles. The third kappa shape index (κ3) is 5.05. The molecule has 0 unspecified atom stereocenters. The number of benzene rings is 1. The fourth-order valence-electron chi connectivity index (χ4n) is 2.93. The van der Waals surface area contributed by atoms with Gasteiger partial charge in [-0.2, -0.15) is 15.6 Å². The minimum atomic E-state index is -0.653. The lowest BCUT2D eigenvalue weighted by Crippen LogP contribution is -2.36. The number of hydrogen-bond donors (Lipinski definition) is 0. The fraction of sp³-hybridized carbons (Fsp3) is 0.286. The van der Waals surface area contributed by atoms with Crippen LogP contribution in [0.1, 0.15) is 28.2 Å². The number of amides is 1. The molecule has 10 heteroatoms. The van der Waals surface area contributed by atoms with Crippen molar-refractivity contribution in [2.45, 2.75) is 19.8 Å². The summed E-state index contributed by atoms with van der Waals surface area (Å²) in [5.74, 6) is -1.48. The second-order valence-corrected chi connectivity index (χ2v) is 7.61. The van der Waals surface area contributed by atoms with E-state index in [-0.39, 0.29) is 31.7 Å². The molecule has 3 rings (SSSR count). The zero-order valence-corrected chi connectivity index (χ0v) is 17.5. The minimum Gasteiger partial charge on any atom is -0.451 e. The van der Waals surface area contributed by atoms with Crippen LogP contribution in [0.25, 0.3) is 15.9 Å². The summed E-state index contributed by atoms with van der Waals surface area (Å²) in [7, 11) is 0. The van der Waals surface area contributed by atoms with Gasteiger partial charge in [0.2, 0.25) is 0 Å². The molecule has 3 aromatic rings. The van der Waals surface area contributed by atoms with E-state index in [1.807, 2.05) is 12.1 Å². The third-order valence-electron chi connectivity index (χ3n) is 4.48. The summed E-state index contributed by atoms with van der Waals surface area (Å²) in [6.07, 6.45) is 0.251. The first kappa shape index (κ1) is 21.9. The van der Waals surface area contributed by atoms with Gasteiger partial charge in [0.1, 0.15) is 15.5 Å². The highest BCUT2D eigenvalue weighted by Crippen LogP contribution is 2.30. The molecule has 31 heavy (non-hydrogen) atoms. The fourth-order valence-corrected chi connectivity index (χ4v) is 4.00. The van der Waals surface area contributed by atoms with E-state index in [1.165, 1.54) is 17.0 Å². The Morgan fingerprint density at radius 3 is 2.45 bits per heavy atom. The van der Waals surface area contributed by atoms with E-state index in [4.69, 9.17) is 15.3 Å². The Morgan fingerprint density at radius 1 is 1.19 bits per heavy atom. The van der Waals surface area contributed by atoms with Crippen molar-refractivity contribution in [2.24, 2.45) is 0 Å². The SMILES string of the molecule is Cc1nn(-c2ccc(F)cc2)c2sc(C(=O)OCC(=O)N(CCC#N)CCC#N)cc12. The van der Waals surface area contributed by atoms with Gasteiger partial charge in [0.15, 0.2) is 6.61 Å². The van der Waals surface area contributed by atoms with Crippen LogP contribution in [-0.2, 0) is 9.53 Å². The van der Waals surface area contributed by atoms with Crippen LogP contribution >= 0.6 is 11.3 Å². The van der Waals surface area contributed by atoms with Crippen molar-refractivity contribution in [1.82, 2.24) is 14.7 Å². The van der Waals surface area contributed by atoms with Gasteiger partial charge in [-0.05, 0) is 37.3 Å². The maximum absolute atomic E-state index is 13.2. The molecular formula is C21H18FN5O3S. The molecule has 8 nitrogen and oxygen atoms in total. The number of rotatable bonds is 8. The number of fused-ring (bicyclic) bond motifs is 1. The second kappa shape index (κ2) is 9.83. The van der Waals surface area contributed by atoms with E-state index in [1.54, 1.807) is 29.8 Å². The lowest BCUT2D eigenvalue weighted by Gasteiger charge is -2.19. The molecule has 1 amide bonds. The van der Waals surface area contributed by atoms with Gasteiger partial charge in [0, 0.05) is 18.5 Å². The summed E-state index contributed by atoms with van der Waals surface area (Å²) < 4.78 is 20.0. The number of nitrogens with zero attached hydrogens (tertiary/aromatic N) is 5. The Bertz CT molecular complexity index is 1170. The predicted molar refractivity (Wildman–Crippen MR) is 111 cm³/mol. The van der Waals surface area contributed by atoms with Gasteiger partial charge >= 0.3 is 5.97 Å². The Labute approximate surface area is 181 Å². The molecule has 0 atom stereocenters. The highest BCUT2D eigenvalue weighted by molar-refractivity contribution is 7.20. The van der Waals surface area contributed by atoms with Gasteiger partial charge in [-0.15, -0.1) is 11.3 Å². The molecule has 2 aromatic heterocycles. The average Bonchev–Trinajstić information content (AvgIpc) is 3.33. The molecule has 0 aliphatic rings. The first-order chi connectivity index (χ1) is 14.9. The van der Waals surface area contributed by atoms with Gasteiger partial charge in [-0.3, -0.25) is 4.79 Å². The summed E-state index contributed by atoms with van der Waals surface area (Å²) in [5.41, 5.74) is 1.35. The van der Waals surface area contributed by atoms with E-state index in [2.05, 4.69) is 5.10 Å². The number of halogens is 1. The van der Waals surface area contributed by atoms with Gasteiger partial charge < -0.3 is 9.64 Å². The van der Waals surface area contributed by atoms with Crippen molar-refractivity contribution in [2.75, 3.05) is 19.7 Å². The molecule has 0 fully saturated rings. The van der Waals surface area contributed by atoms with Crippen molar-refractivity contribution >= 4 is 33.4 Å². The minimum absolute atomic E-state index is 0.126. The quantitative estimate of drug-likeness (QED) is 0.498. The Morgan fingerprint density at radius 2 is 1.84 bits per heavy atom. The van der Waals surface area contributed by atoms with Gasteiger partial charge in [-0.1, -0.05) is 0 Å². The van der Waals surface area contributed by atoms with Crippen molar-refractivity contribution in [3.63, 3.8) is 0 Å². The van der Waals surface area contributed by atoms with Crippen LogP contribution in [0.4, 0.5) is 4.39 Å². The first-order valence-corrected chi connectivity index (χ1v) is 10.2. The van der Waals surface area contributed by atoms with Gasteiger partial charge in [0.25, 0.3) is 5.91 Å². The van der Waals surface area contributed by atoms with E-state index in [0.717, 1.165) is 16.7 Å². The number of aryl methyl sites for hydroxylation is 1. The standard InChI is InChI=1S/C21H18FN5O3S/c1-14-17-12-18(31-20(17)27(25-14)16-6-4-15(22)5-7-16)21(29)30-13-19(28)26(10-2-8-23)11-3-9-24/h4-7,12H,2-3,10-11,13H2,1H3. The summed E-state index contributed by atoms with van der Waals surface area (Å²) in [6.45, 7) is 1.66. The lowest BCUT2D eigenvalue weighted by molar-refractivity contribution is -0.134. The highest BCUT2D eigenvalue weighted by Gasteiger charge is 2.20. The normalized spacial score (nSPS) is 10.5. The largest absolute Gasteiger partial charge is 0.451 e. The summed E-state index contributed by atoms with van der Waals surface area (Å²) in [6, 6.07) is 11.4. The maximum atomic E-state index is 13.2. The molecule has 0 N–H and O–H groups in total. The molecule has 0 saturated heterocycles.